The maximum absolute atomic E-state index is 13.5. The van der Waals surface area contributed by atoms with Crippen LogP contribution in [0.25, 0.3) is 17.1 Å². The van der Waals surface area contributed by atoms with Crippen LogP contribution in [0.3, 0.4) is 0 Å². The molecular formula is C25H26FN7O. The predicted molar refractivity (Wildman–Crippen MR) is 127 cm³/mol. The van der Waals surface area contributed by atoms with Crippen molar-refractivity contribution in [3.05, 3.63) is 65.0 Å². The zero-order valence-corrected chi connectivity index (χ0v) is 19.6. The molecule has 4 aromatic rings. The first-order valence-electron chi connectivity index (χ1n) is 11.3. The van der Waals surface area contributed by atoms with Crippen molar-refractivity contribution < 1.29 is 9.18 Å². The third-order valence-electron chi connectivity index (χ3n) is 6.19. The van der Waals surface area contributed by atoms with Crippen molar-refractivity contribution >= 4 is 17.4 Å². The quantitative estimate of drug-likeness (QED) is 0.394. The fraction of sp³-hybridized carbons (Fsp3) is 0.320. The van der Waals surface area contributed by atoms with E-state index >= 15 is 0 Å². The Morgan fingerprint density at radius 2 is 1.85 bits per heavy atom. The SMILES string of the molecule is CC(=O)c1c(C)nn(-c2cc(Nc3c(C)c(-c4ccc(F)cc4)nn3CC3CC3)ncn2)c1C. The third kappa shape index (κ3) is 4.09. The molecule has 1 aliphatic carbocycles. The normalized spacial score (nSPS) is 13.3. The molecule has 1 saturated carbocycles. The maximum atomic E-state index is 13.5. The molecule has 0 amide bonds. The van der Waals surface area contributed by atoms with Crippen molar-refractivity contribution in [2.45, 2.75) is 47.1 Å². The topological polar surface area (TPSA) is 90.5 Å². The summed E-state index contributed by atoms with van der Waals surface area (Å²) in [6.45, 7) is 8.02. The summed E-state index contributed by atoms with van der Waals surface area (Å²) < 4.78 is 17.1. The molecule has 3 heterocycles. The van der Waals surface area contributed by atoms with Crippen molar-refractivity contribution in [3.8, 4) is 17.1 Å². The van der Waals surface area contributed by atoms with Gasteiger partial charge in [-0.1, -0.05) is 0 Å². The summed E-state index contributed by atoms with van der Waals surface area (Å²) in [5, 5.41) is 12.8. The molecule has 0 unspecified atom stereocenters. The first-order chi connectivity index (χ1) is 16.3. The van der Waals surface area contributed by atoms with E-state index in [2.05, 4.69) is 20.4 Å². The van der Waals surface area contributed by atoms with Crippen LogP contribution < -0.4 is 5.32 Å². The second kappa shape index (κ2) is 8.48. The summed E-state index contributed by atoms with van der Waals surface area (Å²) in [6.07, 6.45) is 3.86. The molecule has 3 aromatic heterocycles. The highest BCUT2D eigenvalue weighted by Crippen LogP contribution is 2.35. The van der Waals surface area contributed by atoms with Crippen molar-refractivity contribution in [3.63, 3.8) is 0 Å². The van der Waals surface area contributed by atoms with Gasteiger partial charge >= 0.3 is 0 Å². The number of benzene rings is 1. The average molecular weight is 460 g/mol. The summed E-state index contributed by atoms with van der Waals surface area (Å²) in [7, 11) is 0. The van der Waals surface area contributed by atoms with Gasteiger partial charge < -0.3 is 5.32 Å². The van der Waals surface area contributed by atoms with Gasteiger partial charge in [-0.3, -0.25) is 4.79 Å². The molecular weight excluding hydrogens is 433 g/mol. The number of nitrogens with one attached hydrogen (secondary N) is 1. The number of ketones is 1. The third-order valence-corrected chi connectivity index (χ3v) is 6.19. The van der Waals surface area contributed by atoms with Gasteiger partial charge in [0.1, 0.15) is 23.8 Å². The van der Waals surface area contributed by atoms with Crippen LogP contribution >= 0.6 is 0 Å². The van der Waals surface area contributed by atoms with E-state index in [9.17, 15) is 9.18 Å². The Hall–Kier alpha value is -3.88. The van der Waals surface area contributed by atoms with Gasteiger partial charge in [0.2, 0.25) is 0 Å². The fourth-order valence-corrected chi connectivity index (χ4v) is 4.30. The number of hydrogen-bond donors (Lipinski definition) is 1. The van der Waals surface area contributed by atoms with Crippen LogP contribution in [0.1, 0.15) is 47.1 Å². The Morgan fingerprint density at radius 1 is 1.12 bits per heavy atom. The van der Waals surface area contributed by atoms with Crippen molar-refractivity contribution in [1.29, 1.82) is 0 Å². The molecule has 34 heavy (non-hydrogen) atoms. The molecule has 1 aromatic carbocycles. The van der Waals surface area contributed by atoms with Crippen molar-refractivity contribution in [2.24, 2.45) is 5.92 Å². The molecule has 1 aliphatic rings. The van der Waals surface area contributed by atoms with Crippen LogP contribution in [0.2, 0.25) is 0 Å². The smallest absolute Gasteiger partial charge is 0.163 e. The van der Waals surface area contributed by atoms with E-state index in [1.165, 1.54) is 38.2 Å². The molecule has 1 N–H and O–H groups in total. The van der Waals surface area contributed by atoms with E-state index in [4.69, 9.17) is 5.10 Å². The van der Waals surface area contributed by atoms with Crippen LogP contribution in [-0.2, 0) is 6.54 Å². The van der Waals surface area contributed by atoms with E-state index in [-0.39, 0.29) is 11.6 Å². The second-order valence-corrected chi connectivity index (χ2v) is 8.85. The average Bonchev–Trinajstić information content (AvgIpc) is 3.50. The fourth-order valence-electron chi connectivity index (χ4n) is 4.30. The lowest BCUT2D eigenvalue weighted by molar-refractivity contribution is 0.101. The largest absolute Gasteiger partial charge is 0.325 e. The number of aromatic nitrogens is 6. The maximum Gasteiger partial charge on any atom is 0.163 e. The summed E-state index contributed by atoms with van der Waals surface area (Å²) in [5.74, 6) is 2.31. The number of carbonyl (C=O) groups is 1. The van der Waals surface area contributed by atoms with Gasteiger partial charge in [-0.25, -0.2) is 23.7 Å². The molecule has 0 bridgehead atoms. The molecule has 8 nitrogen and oxygen atoms in total. The van der Waals surface area contributed by atoms with Gasteiger partial charge in [0, 0.05) is 23.7 Å². The van der Waals surface area contributed by atoms with Gasteiger partial charge in [0.25, 0.3) is 0 Å². The number of Topliss-reactive ketones (excluding diaryl/α,β-unsaturated/α-hetero) is 1. The van der Waals surface area contributed by atoms with E-state index in [0.717, 1.165) is 34.9 Å². The van der Waals surface area contributed by atoms with E-state index in [1.807, 2.05) is 25.5 Å². The van der Waals surface area contributed by atoms with E-state index < -0.39 is 0 Å². The van der Waals surface area contributed by atoms with Gasteiger partial charge in [-0.15, -0.1) is 0 Å². The summed E-state index contributed by atoms with van der Waals surface area (Å²) in [6, 6.07) is 8.18. The number of halogens is 1. The molecule has 0 saturated heterocycles. The highest BCUT2D eigenvalue weighted by atomic mass is 19.1. The lowest BCUT2D eigenvalue weighted by atomic mass is 10.1. The van der Waals surface area contributed by atoms with Gasteiger partial charge in [0.05, 0.1) is 22.6 Å². The Balaban J connectivity index is 1.52. The first-order valence-corrected chi connectivity index (χ1v) is 11.3. The van der Waals surface area contributed by atoms with Crippen LogP contribution in [0.4, 0.5) is 16.0 Å². The standard InChI is InChI=1S/C25H26FN7O/c1-14-24(19-7-9-20(26)10-8-19)31-32(12-18-5-6-18)25(14)29-21-11-22(28-13-27-21)33-16(3)23(17(4)34)15(2)30-33/h7-11,13,18H,5-6,12H2,1-4H3,(H,27,28,29). The summed E-state index contributed by atoms with van der Waals surface area (Å²) in [5.41, 5.74) is 4.64. The van der Waals surface area contributed by atoms with E-state index in [1.54, 1.807) is 22.9 Å². The number of nitrogens with zero attached hydrogens (tertiary/aromatic N) is 6. The Kier molecular flexibility index (Phi) is 5.47. The minimum Gasteiger partial charge on any atom is -0.325 e. The van der Waals surface area contributed by atoms with Crippen LogP contribution in [0.15, 0.2) is 36.7 Å². The van der Waals surface area contributed by atoms with Crippen molar-refractivity contribution in [2.75, 3.05) is 5.32 Å². The van der Waals surface area contributed by atoms with E-state index in [0.29, 0.717) is 28.8 Å². The number of aryl methyl sites for hydroxylation is 1. The predicted octanol–water partition coefficient (Wildman–Crippen LogP) is 4.95. The molecule has 0 atom stereocenters. The molecule has 1 fully saturated rings. The molecule has 0 radical (unpaired) electrons. The Labute approximate surface area is 196 Å². The zero-order chi connectivity index (χ0) is 24.0. The minimum absolute atomic E-state index is 0.0263. The highest BCUT2D eigenvalue weighted by molar-refractivity contribution is 5.96. The molecule has 0 spiro atoms. The van der Waals surface area contributed by atoms with Gasteiger partial charge in [-0.05, 0) is 70.7 Å². The molecule has 9 heteroatoms. The molecule has 0 aliphatic heterocycles. The van der Waals surface area contributed by atoms with Crippen LogP contribution in [-0.4, -0.2) is 35.3 Å². The zero-order valence-electron chi connectivity index (χ0n) is 19.6. The van der Waals surface area contributed by atoms with Gasteiger partial charge in [0.15, 0.2) is 11.6 Å². The second-order valence-electron chi connectivity index (χ2n) is 8.85. The summed E-state index contributed by atoms with van der Waals surface area (Å²) >= 11 is 0. The van der Waals surface area contributed by atoms with Crippen LogP contribution in [0.5, 0.6) is 0 Å². The molecule has 5 rings (SSSR count). The highest BCUT2D eigenvalue weighted by Gasteiger charge is 2.26. The van der Waals surface area contributed by atoms with Gasteiger partial charge in [-0.2, -0.15) is 10.2 Å². The lowest BCUT2D eigenvalue weighted by Crippen LogP contribution is -2.09. The monoisotopic (exact) mass is 459 g/mol. The van der Waals surface area contributed by atoms with Crippen molar-refractivity contribution in [1.82, 2.24) is 29.5 Å². The van der Waals surface area contributed by atoms with Crippen LogP contribution in [0, 0.1) is 32.5 Å². The molecule has 174 valence electrons. The number of anilines is 2. The Morgan fingerprint density at radius 3 is 2.50 bits per heavy atom. The first kappa shape index (κ1) is 21.9. The number of carbonyl (C=O) groups excluding carboxylic acids is 1. The number of rotatable bonds is 7. The summed E-state index contributed by atoms with van der Waals surface area (Å²) in [4.78, 5) is 20.8. The Bertz CT molecular complexity index is 1380. The minimum atomic E-state index is -0.275. The lowest BCUT2D eigenvalue weighted by Gasteiger charge is -2.11. The number of hydrogen-bond acceptors (Lipinski definition) is 6.